The zero-order chi connectivity index (χ0) is 19.6. The molecule has 1 aromatic heterocycles. The van der Waals surface area contributed by atoms with Crippen LogP contribution in [0.15, 0.2) is 24.3 Å². The zero-order valence-corrected chi connectivity index (χ0v) is 18.1. The molecular formula is C23H32N4OS. The Hall–Kier alpha value is -1.50. The van der Waals surface area contributed by atoms with E-state index in [1.54, 1.807) is 11.3 Å². The Morgan fingerprint density at radius 3 is 2.59 bits per heavy atom. The van der Waals surface area contributed by atoms with Gasteiger partial charge in [0.1, 0.15) is 5.01 Å². The second-order valence-electron chi connectivity index (χ2n) is 8.97. The van der Waals surface area contributed by atoms with Crippen LogP contribution in [0.2, 0.25) is 0 Å². The Morgan fingerprint density at radius 1 is 0.966 bits per heavy atom. The Labute approximate surface area is 177 Å². The highest BCUT2D eigenvalue weighted by Gasteiger charge is 2.36. The summed E-state index contributed by atoms with van der Waals surface area (Å²) in [5.74, 6) is 1.15. The van der Waals surface area contributed by atoms with Crippen molar-refractivity contribution in [2.45, 2.75) is 51.1 Å². The number of rotatable bonds is 4. The second kappa shape index (κ2) is 8.70. The largest absolute Gasteiger partial charge is 0.338 e. The minimum Gasteiger partial charge on any atom is -0.338 e. The molecule has 1 saturated carbocycles. The minimum atomic E-state index is 0.376. The van der Waals surface area contributed by atoms with E-state index in [0.29, 0.717) is 18.5 Å². The van der Waals surface area contributed by atoms with Gasteiger partial charge in [-0.3, -0.25) is 14.6 Å². The first-order chi connectivity index (χ1) is 14.3. The van der Waals surface area contributed by atoms with Gasteiger partial charge in [-0.2, -0.15) is 0 Å². The first-order valence-electron chi connectivity index (χ1n) is 11.3. The molecule has 3 fully saturated rings. The zero-order valence-electron chi connectivity index (χ0n) is 17.3. The smallest absolute Gasteiger partial charge is 0.237 e. The predicted octanol–water partition coefficient (Wildman–Crippen LogP) is 3.60. The molecule has 0 spiro atoms. The van der Waals surface area contributed by atoms with Gasteiger partial charge in [-0.1, -0.05) is 25.0 Å². The molecule has 156 valence electrons. The number of carbonyl (C=O) groups excluding carboxylic acids is 1. The van der Waals surface area contributed by atoms with Gasteiger partial charge in [0.05, 0.1) is 23.3 Å². The summed E-state index contributed by atoms with van der Waals surface area (Å²) in [6.45, 7) is 6.54. The van der Waals surface area contributed by atoms with E-state index in [1.807, 2.05) is 0 Å². The van der Waals surface area contributed by atoms with Crippen molar-refractivity contribution < 1.29 is 4.79 Å². The number of aromatic nitrogens is 1. The Balaban J connectivity index is 1.12. The maximum absolute atomic E-state index is 13.1. The molecule has 1 aromatic carbocycles. The van der Waals surface area contributed by atoms with E-state index >= 15 is 0 Å². The van der Waals surface area contributed by atoms with Crippen LogP contribution in [0.3, 0.4) is 0 Å². The predicted molar refractivity (Wildman–Crippen MR) is 118 cm³/mol. The van der Waals surface area contributed by atoms with Crippen LogP contribution >= 0.6 is 11.3 Å². The first kappa shape index (κ1) is 19.5. The molecule has 1 amide bonds. The third-order valence-corrected chi connectivity index (χ3v) is 8.11. The van der Waals surface area contributed by atoms with Crippen molar-refractivity contribution in [1.29, 1.82) is 0 Å². The number of nitrogens with zero attached hydrogens (tertiary/aromatic N) is 4. The van der Waals surface area contributed by atoms with Crippen LogP contribution < -0.4 is 0 Å². The topological polar surface area (TPSA) is 39.7 Å². The van der Waals surface area contributed by atoms with Gasteiger partial charge in [0.15, 0.2) is 0 Å². The van der Waals surface area contributed by atoms with Gasteiger partial charge in [-0.25, -0.2) is 4.98 Å². The summed E-state index contributed by atoms with van der Waals surface area (Å²) in [7, 11) is 0. The normalized spacial score (nSPS) is 26.6. The van der Waals surface area contributed by atoms with Gasteiger partial charge in [-0.05, 0) is 43.7 Å². The first-order valence-corrected chi connectivity index (χ1v) is 12.2. The van der Waals surface area contributed by atoms with E-state index in [1.165, 1.54) is 48.2 Å². The minimum absolute atomic E-state index is 0.376. The number of piperazine rings is 1. The standard InChI is InChI=1S/C23H32N4OS/c28-23(27-11-5-7-18-6-1-3-9-20(18)27)17-26-14-12-25(13-15-26)16-22-24-19-8-2-4-10-21(19)29-22/h2,4,8,10,18,20H,1,3,5-7,9,11-17H2/t18-,20-/m1/s1. The van der Waals surface area contributed by atoms with Crippen molar-refractivity contribution in [3.8, 4) is 0 Å². The molecule has 29 heavy (non-hydrogen) atoms. The molecule has 3 heterocycles. The fourth-order valence-corrected chi connectivity index (χ4v) is 6.51. The van der Waals surface area contributed by atoms with E-state index in [9.17, 15) is 4.79 Å². The highest BCUT2D eigenvalue weighted by molar-refractivity contribution is 7.18. The summed E-state index contributed by atoms with van der Waals surface area (Å²) >= 11 is 1.80. The number of piperidine rings is 1. The number of thiazole rings is 1. The van der Waals surface area contributed by atoms with Gasteiger partial charge in [0, 0.05) is 38.8 Å². The van der Waals surface area contributed by atoms with Crippen LogP contribution in [-0.4, -0.2) is 70.9 Å². The summed E-state index contributed by atoms with van der Waals surface area (Å²) in [5, 5.41) is 1.20. The average molecular weight is 413 g/mol. The molecule has 0 unspecified atom stereocenters. The summed E-state index contributed by atoms with van der Waals surface area (Å²) in [6.07, 6.45) is 7.75. The lowest BCUT2D eigenvalue weighted by atomic mass is 9.78. The van der Waals surface area contributed by atoms with E-state index in [2.05, 4.69) is 39.0 Å². The number of hydrogen-bond donors (Lipinski definition) is 0. The van der Waals surface area contributed by atoms with E-state index in [4.69, 9.17) is 4.98 Å². The van der Waals surface area contributed by atoms with Gasteiger partial charge in [0.25, 0.3) is 0 Å². The second-order valence-corrected chi connectivity index (χ2v) is 10.1. The monoisotopic (exact) mass is 412 g/mol. The lowest BCUT2D eigenvalue weighted by Crippen LogP contribution is -2.54. The molecule has 0 bridgehead atoms. The quantitative estimate of drug-likeness (QED) is 0.769. The molecule has 2 aliphatic heterocycles. The molecule has 2 atom stereocenters. The van der Waals surface area contributed by atoms with Crippen molar-refractivity contribution in [2.24, 2.45) is 5.92 Å². The Bertz CT molecular complexity index is 809. The lowest BCUT2D eigenvalue weighted by molar-refractivity contribution is -0.139. The number of amides is 1. The van der Waals surface area contributed by atoms with Gasteiger partial charge in [0.2, 0.25) is 5.91 Å². The summed E-state index contributed by atoms with van der Waals surface area (Å²) in [4.78, 5) is 24.9. The van der Waals surface area contributed by atoms with E-state index in [-0.39, 0.29) is 0 Å². The van der Waals surface area contributed by atoms with Crippen molar-refractivity contribution in [2.75, 3.05) is 39.3 Å². The molecule has 0 N–H and O–H groups in total. The van der Waals surface area contributed by atoms with E-state index in [0.717, 1.165) is 50.7 Å². The molecule has 2 saturated heterocycles. The molecule has 0 radical (unpaired) electrons. The number of carbonyl (C=O) groups is 1. The van der Waals surface area contributed by atoms with Crippen molar-refractivity contribution in [3.63, 3.8) is 0 Å². The summed E-state index contributed by atoms with van der Waals surface area (Å²) in [6, 6.07) is 8.91. The average Bonchev–Trinajstić information content (AvgIpc) is 3.17. The lowest BCUT2D eigenvalue weighted by Gasteiger charge is -2.45. The molecule has 1 aliphatic carbocycles. The van der Waals surface area contributed by atoms with Crippen LogP contribution in [0.4, 0.5) is 0 Å². The number of benzene rings is 1. The fraction of sp³-hybridized carbons (Fsp3) is 0.652. The number of para-hydroxylation sites is 1. The third-order valence-electron chi connectivity index (χ3n) is 7.08. The van der Waals surface area contributed by atoms with Crippen molar-refractivity contribution in [1.82, 2.24) is 19.7 Å². The highest BCUT2D eigenvalue weighted by Crippen LogP contribution is 2.35. The SMILES string of the molecule is O=C(CN1CCN(Cc2nc3ccccc3s2)CC1)N1CCC[C@H]2CCCC[C@H]21. The van der Waals surface area contributed by atoms with Gasteiger partial charge in [-0.15, -0.1) is 11.3 Å². The van der Waals surface area contributed by atoms with Gasteiger partial charge >= 0.3 is 0 Å². The fourth-order valence-electron chi connectivity index (χ4n) is 5.50. The molecule has 2 aromatic rings. The van der Waals surface area contributed by atoms with Crippen LogP contribution in [0, 0.1) is 5.92 Å². The van der Waals surface area contributed by atoms with Crippen LogP contribution in [0.25, 0.3) is 10.2 Å². The number of hydrogen-bond acceptors (Lipinski definition) is 5. The molecule has 5 rings (SSSR count). The van der Waals surface area contributed by atoms with Crippen LogP contribution in [-0.2, 0) is 11.3 Å². The molecule has 3 aliphatic rings. The number of fused-ring (bicyclic) bond motifs is 2. The molecular weight excluding hydrogens is 380 g/mol. The molecule has 5 nitrogen and oxygen atoms in total. The highest BCUT2D eigenvalue weighted by atomic mass is 32.1. The Kier molecular flexibility index (Phi) is 5.84. The van der Waals surface area contributed by atoms with Crippen molar-refractivity contribution >= 4 is 27.5 Å². The van der Waals surface area contributed by atoms with Crippen LogP contribution in [0.5, 0.6) is 0 Å². The van der Waals surface area contributed by atoms with Gasteiger partial charge < -0.3 is 4.90 Å². The van der Waals surface area contributed by atoms with E-state index < -0.39 is 0 Å². The number of likely N-dealkylation sites (tertiary alicyclic amines) is 1. The van der Waals surface area contributed by atoms with Crippen LogP contribution in [0.1, 0.15) is 43.5 Å². The maximum Gasteiger partial charge on any atom is 0.237 e. The summed E-state index contributed by atoms with van der Waals surface area (Å²) < 4.78 is 1.27. The maximum atomic E-state index is 13.1. The van der Waals surface area contributed by atoms with Crippen molar-refractivity contribution in [3.05, 3.63) is 29.3 Å². The molecule has 6 heteroatoms. The Morgan fingerprint density at radius 2 is 1.72 bits per heavy atom. The third kappa shape index (κ3) is 4.35. The summed E-state index contributed by atoms with van der Waals surface area (Å²) in [5.41, 5.74) is 1.11.